The summed E-state index contributed by atoms with van der Waals surface area (Å²) in [6.07, 6.45) is 8.72. The average Bonchev–Trinajstić information content (AvgIpc) is 3.42. The maximum Gasteiger partial charge on any atom is 0.354 e. The summed E-state index contributed by atoms with van der Waals surface area (Å²) in [5, 5.41) is 13.1. The number of rotatable bonds is 3. The van der Waals surface area contributed by atoms with Gasteiger partial charge < -0.3 is 10.4 Å². The summed E-state index contributed by atoms with van der Waals surface area (Å²) < 4.78 is 20.0. The van der Waals surface area contributed by atoms with Gasteiger partial charge in [-0.1, -0.05) is 6.07 Å². The van der Waals surface area contributed by atoms with Crippen LogP contribution in [0.4, 0.5) is 10.5 Å². The van der Waals surface area contributed by atoms with Crippen LogP contribution in [-0.2, 0) is 40.4 Å². The zero-order chi connectivity index (χ0) is 22.7. The van der Waals surface area contributed by atoms with Crippen LogP contribution in [0, 0.1) is 11.3 Å². The molecule has 8 heteroatoms. The number of fused-ring (bicyclic) bond motifs is 2. The zero-order valence-corrected chi connectivity index (χ0v) is 19.8. The van der Waals surface area contributed by atoms with E-state index in [2.05, 4.69) is 20.5 Å². The molecule has 3 unspecified atom stereocenters. The van der Waals surface area contributed by atoms with Crippen LogP contribution >= 0.6 is 0 Å². The predicted molar refractivity (Wildman–Crippen MR) is 124 cm³/mol. The molecule has 5 rings (SSSR count). The molecule has 1 aromatic carbocycles. The molecule has 3 N–H and O–H groups in total. The second-order valence-electron chi connectivity index (χ2n) is 10.9. The van der Waals surface area contributed by atoms with Crippen LogP contribution < -0.4 is 10.0 Å². The summed E-state index contributed by atoms with van der Waals surface area (Å²) in [7, 11) is -3.16. The molecule has 4 aliphatic rings. The number of carbonyl (C=O) groups is 2. The van der Waals surface area contributed by atoms with E-state index in [0.717, 1.165) is 50.6 Å². The smallest absolute Gasteiger partial charge is 0.354 e. The first-order valence-electron chi connectivity index (χ1n) is 11.8. The molecule has 1 saturated carbocycles. The number of hydrogen-bond acceptors (Lipinski definition) is 4. The number of nitrogens with one attached hydrogen (secondary N) is 2. The normalized spacial score (nSPS) is 31.0. The largest absolute Gasteiger partial charge is 0.390 e. The quantitative estimate of drug-likeness (QED) is 0.641. The zero-order valence-electron chi connectivity index (χ0n) is 19.0. The van der Waals surface area contributed by atoms with E-state index in [0.29, 0.717) is 19.3 Å². The molecule has 174 valence electrons. The minimum absolute atomic E-state index is 0.0691. The molecule has 32 heavy (non-hydrogen) atoms. The van der Waals surface area contributed by atoms with Crippen LogP contribution in [0.3, 0.4) is 0 Å². The molecule has 1 aromatic rings. The minimum atomic E-state index is -3.16. The summed E-state index contributed by atoms with van der Waals surface area (Å²) in [5.41, 5.74) is 4.33. The van der Waals surface area contributed by atoms with Gasteiger partial charge in [0.25, 0.3) is 0 Å². The fraction of sp³-hybridized carbons (Fsp3) is 0.667. The first-order valence-corrected chi connectivity index (χ1v) is 13.5. The van der Waals surface area contributed by atoms with Gasteiger partial charge in [0.1, 0.15) is 9.92 Å². The minimum Gasteiger partial charge on any atom is -0.390 e. The highest BCUT2D eigenvalue weighted by atomic mass is 32.2. The van der Waals surface area contributed by atoms with Crippen molar-refractivity contribution in [1.82, 2.24) is 4.72 Å². The molecule has 0 aromatic heterocycles. The molecule has 3 atom stereocenters. The third kappa shape index (κ3) is 3.96. The van der Waals surface area contributed by atoms with Crippen molar-refractivity contribution in [2.45, 2.75) is 83.7 Å². The van der Waals surface area contributed by atoms with Crippen molar-refractivity contribution in [2.75, 3.05) is 11.1 Å². The van der Waals surface area contributed by atoms with Crippen molar-refractivity contribution < 1.29 is 18.9 Å². The highest BCUT2D eigenvalue weighted by molar-refractivity contribution is 7.93. The van der Waals surface area contributed by atoms with Gasteiger partial charge in [-0.25, -0.2) is 9.00 Å². The van der Waals surface area contributed by atoms with Gasteiger partial charge >= 0.3 is 6.03 Å². The van der Waals surface area contributed by atoms with Crippen molar-refractivity contribution in [3.05, 3.63) is 28.3 Å². The molecule has 2 fully saturated rings. The summed E-state index contributed by atoms with van der Waals surface area (Å²) in [5.74, 6) is 0.00389. The molecule has 1 saturated heterocycles. The number of aliphatic hydroxyl groups is 1. The highest BCUT2D eigenvalue weighted by Gasteiger charge is 2.53. The Hall–Kier alpha value is -1.93. The second kappa shape index (κ2) is 7.55. The third-order valence-corrected chi connectivity index (χ3v) is 9.55. The van der Waals surface area contributed by atoms with Crippen LogP contribution in [-0.4, -0.2) is 32.6 Å². The van der Waals surface area contributed by atoms with E-state index in [1.165, 1.54) is 22.3 Å². The van der Waals surface area contributed by atoms with E-state index in [4.69, 9.17) is 0 Å². The van der Waals surface area contributed by atoms with Gasteiger partial charge in [-0.15, -0.1) is 4.36 Å². The van der Waals surface area contributed by atoms with Crippen LogP contribution in [0.15, 0.2) is 10.4 Å². The molecular weight excluding hydrogens is 426 g/mol. The van der Waals surface area contributed by atoms with E-state index >= 15 is 0 Å². The number of amides is 3. The van der Waals surface area contributed by atoms with Gasteiger partial charge in [0.15, 0.2) is 0 Å². The molecule has 3 amide bonds. The van der Waals surface area contributed by atoms with Crippen molar-refractivity contribution in [2.24, 2.45) is 15.7 Å². The lowest BCUT2D eigenvalue weighted by atomic mass is 9.84. The summed E-state index contributed by atoms with van der Waals surface area (Å²) in [4.78, 5) is 25.7. The topological polar surface area (TPSA) is 108 Å². The van der Waals surface area contributed by atoms with Crippen LogP contribution in [0.2, 0.25) is 0 Å². The molecule has 1 spiro atoms. The fourth-order valence-corrected chi connectivity index (χ4v) is 8.61. The van der Waals surface area contributed by atoms with E-state index in [-0.39, 0.29) is 17.6 Å². The van der Waals surface area contributed by atoms with Gasteiger partial charge in [0.05, 0.1) is 16.8 Å². The Morgan fingerprint density at radius 1 is 1.25 bits per heavy atom. The Morgan fingerprint density at radius 3 is 2.53 bits per heavy atom. The molecular formula is C24H33N3O4S. The van der Waals surface area contributed by atoms with Gasteiger partial charge in [0.2, 0.25) is 5.91 Å². The SMILES string of the molecule is CC(C)(O)CC1CCC2(C1)CS(=O)(=NC(=O)Nc1c3c(cc4c1CCC4)CCC3)NC2=O. The van der Waals surface area contributed by atoms with Gasteiger partial charge in [-0.2, -0.15) is 0 Å². The number of carbonyl (C=O) groups excluding carboxylic acids is 2. The summed E-state index contributed by atoms with van der Waals surface area (Å²) in [6, 6.07) is 1.66. The standard InChI is InChI=1S/C24H33N3O4S/c1-23(2,30)12-15-9-10-24(13-15)14-32(31,26-21(24)28)27-22(29)25-20-18-7-3-5-16(18)11-17-6-4-8-19(17)20/h11,15,30H,3-10,12-14H2,1-2H3,(H2,25,26,27,28,29,31). The number of aryl methyl sites for hydroxylation is 2. The monoisotopic (exact) mass is 459 g/mol. The third-order valence-electron chi connectivity index (χ3n) is 7.64. The molecule has 1 heterocycles. The highest BCUT2D eigenvalue weighted by Crippen LogP contribution is 2.48. The van der Waals surface area contributed by atoms with Gasteiger partial charge in [-0.3, -0.25) is 9.52 Å². The van der Waals surface area contributed by atoms with Crippen molar-refractivity contribution in [3.63, 3.8) is 0 Å². The fourth-order valence-electron chi connectivity index (χ4n) is 6.47. The van der Waals surface area contributed by atoms with E-state index in [1.807, 2.05) is 0 Å². The number of urea groups is 1. The van der Waals surface area contributed by atoms with Gasteiger partial charge in [-0.05, 0) is 106 Å². The van der Waals surface area contributed by atoms with Crippen LogP contribution in [0.1, 0.15) is 74.6 Å². The number of anilines is 1. The Kier molecular flexibility index (Phi) is 5.17. The van der Waals surface area contributed by atoms with E-state index < -0.39 is 27.0 Å². The predicted octanol–water partition coefficient (Wildman–Crippen LogP) is 3.66. The van der Waals surface area contributed by atoms with E-state index in [9.17, 15) is 18.9 Å². The van der Waals surface area contributed by atoms with E-state index in [1.54, 1.807) is 13.8 Å². The Bertz CT molecular complexity index is 1080. The summed E-state index contributed by atoms with van der Waals surface area (Å²) >= 11 is 0. The Morgan fingerprint density at radius 2 is 1.91 bits per heavy atom. The van der Waals surface area contributed by atoms with Crippen molar-refractivity contribution in [1.29, 1.82) is 0 Å². The average molecular weight is 460 g/mol. The second-order valence-corrected chi connectivity index (χ2v) is 12.8. The Labute approximate surface area is 190 Å². The lowest BCUT2D eigenvalue weighted by Crippen LogP contribution is -2.31. The van der Waals surface area contributed by atoms with Crippen molar-refractivity contribution in [3.8, 4) is 0 Å². The maximum atomic E-state index is 13.4. The number of nitrogens with zero attached hydrogens (tertiary/aromatic N) is 1. The molecule has 3 aliphatic carbocycles. The molecule has 0 bridgehead atoms. The first kappa shape index (κ1) is 21.9. The molecule has 1 aliphatic heterocycles. The number of hydrogen-bond donors (Lipinski definition) is 3. The lowest BCUT2D eigenvalue weighted by molar-refractivity contribution is -0.126. The molecule has 7 nitrogen and oxygen atoms in total. The first-order chi connectivity index (χ1) is 15.1. The summed E-state index contributed by atoms with van der Waals surface area (Å²) in [6.45, 7) is 3.54. The van der Waals surface area contributed by atoms with Crippen molar-refractivity contribution >= 4 is 27.5 Å². The number of benzene rings is 1. The van der Waals surface area contributed by atoms with Gasteiger partial charge in [0, 0.05) is 5.69 Å². The molecule has 0 radical (unpaired) electrons. The lowest BCUT2D eigenvalue weighted by Gasteiger charge is -2.23. The Balaban J connectivity index is 1.36. The maximum absolute atomic E-state index is 13.4. The van der Waals surface area contributed by atoms with Crippen LogP contribution in [0.5, 0.6) is 0 Å². The van der Waals surface area contributed by atoms with Crippen LogP contribution in [0.25, 0.3) is 0 Å².